The summed E-state index contributed by atoms with van der Waals surface area (Å²) in [4.78, 5) is 20.3. The fourth-order valence-corrected chi connectivity index (χ4v) is 4.31. The molecule has 180 valence electrons. The highest BCUT2D eigenvalue weighted by Gasteiger charge is 2.23. The summed E-state index contributed by atoms with van der Waals surface area (Å²) in [7, 11) is 2.12. The van der Waals surface area contributed by atoms with Crippen LogP contribution < -0.4 is 15.1 Å². The average molecular weight is 468 g/mol. The fraction of sp³-hybridized carbons (Fsp3) is 0.522. The van der Waals surface area contributed by atoms with Gasteiger partial charge in [-0.05, 0) is 45.0 Å². The number of rotatable bonds is 5. The third-order valence-electron chi connectivity index (χ3n) is 6.44. The largest absolute Gasteiger partial charge is 0.387 e. The molecule has 5 heterocycles. The highest BCUT2D eigenvalue weighted by Crippen LogP contribution is 2.30. The van der Waals surface area contributed by atoms with Gasteiger partial charge in [0.2, 0.25) is 5.95 Å². The standard InChI is InChI=1S/C23H30FN9O/c1-15(34)18-13-16-14-25-23(28-21(16)22(26-18)33-7-5-17(24)6-8-33)27-19-3-4-20(30-29-19)32-11-9-31(2)10-12-32/h3-4,13-15,17,34H,5-12H2,1-2H3,(H,25,27,28,29)/t15-/m1/s1. The number of piperidine rings is 1. The molecular formula is C23H30FN9O. The van der Waals surface area contributed by atoms with E-state index in [9.17, 15) is 9.50 Å². The van der Waals surface area contributed by atoms with Gasteiger partial charge in [-0.15, -0.1) is 10.2 Å². The Labute approximate surface area is 197 Å². The van der Waals surface area contributed by atoms with E-state index in [1.54, 1.807) is 19.2 Å². The number of aliphatic hydroxyl groups is 1. The van der Waals surface area contributed by atoms with Gasteiger partial charge in [0.05, 0.1) is 11.8 Å². The Morgan fingerprint density at radius 1 is 1.03 bits per heavy atom. The number of fused-ring (bicyclic) bond motifs is 1. The van der Waals surface area contributed by atoms with Crippen LogP contribution in [0.25, 0.3) is 10.9 Å². The van der Waals surface area contributed by atoms with Crippen LogP contribution in [0, 0.1) is 0 Å². The van der Waals surface area contributed by atoms with Gasteiger partial charge >= 0.3 is 0 Å². The van der Waals surface area contributed by atoms with E-state index in [-0.39, 0.29) is 0 Å². The minimum Gasteiger partial charge on any atom is -0.387 e. The normalized spacial score (nSPS) is 18.9. The first-order valence-corrected chi connectivity index (χ1v) is 11.8. The van der Waals surface area contributed by atoms with Crippen LogP contribution in [0.3, 0.4) is 0 Å². The van der Waals surface area contributed by atoms with E-state index in [0.29, 0.717) is 54.7 Å². The van der Waals surface area contributed by atoms with Gasteiger partial charge < -0.3 is 25.1 Å². The maximum atomic E-state index is 13.7. The van der Waals surface area contributed by atoms with Crippen LogP contribution in [0.2, 0.25) is 0 Å². The zero-order valence-corrected chi connectivity index (χ0v) is 19.5. The number of hydrogen-bond acceptors (Lipinski definition) is 10. The van der Waals surface area contributed by atoms with Gasteiger partial charge in [-0.3, -0.25) is 0 Å². The smallest absolute Gasteiger partial charge is 0.229 e. The van der Waals surface area contributed by atoms with Crippen LogP contribution in [0.1, 0.15) is 31.6 Å². The van der Waals surface area contributed by atoms with Crippen molar-refractivity contribution in [1.82, 2.24) is 30.0 Å². The Hall–Kier alpha value is -3.18. The third kappa shape index (κ3) is 4.85. The molecule has 0 bridgehead atoms. The second kappa shape index (κ2) is 9.59. The zero-order chi connectivity index (χ0) is 23.7. The molecule has 0 radical (unpaired) electrons. The Balaban J connectivity index is 1.39. The first kappa shape index (κ1) is 22.6. The van der Waals surface area contributed by atoms with Gasteiger partial charge in [0.1, 0.15) is 11.7 Å². The van der Waals surface area contributed by atoms with Crippen molar-refractivity contribution in [2.45, 2.75) is 32.0 Å². The predicted octanol–water partition coefficient (Wildman–Crippen LogP) is 2.30. The molecule has 5 rings (SSSR count). The molecule has 11 heteroatoms. The van der Waals surface area contributed by atoms with E-state index in [1.165, 1.54) is 0 Å². The van der Waals surface area contributed by atoms with Gasteiger partial charge in [-0.1, -0.05) is 0 Å². The maximum Gasteiger partial charge on any atom is 0.229 e. The van der Waals surface area contributed by atoms with E-state index in [2.05, 4.69) is 42.3 Å². The van der Waals surface area contributed by atoms with Gasteiger partial charge in [0.15, 0.2) is 17.5 Å². The van der Waals surface area contributed by atoms with Crippen LogP contribution >= 0.6 is 0 Å². The summed E-state index contributed by atoms with van der Waals surface area (Å²) in [6, 6.07) is 5.61. The van der Waals surface area contributed by atoms with Crippen molar-refractivity contribution in [2.24, 2.45) is 0 Å². The van der Waals surface area contributed by atoms with Crippen molar-refractivity contribution in [3.8, 4) is 0 Å². The summed E-state index contributed by atoms with van der Waals surface area (Å²) in [6.45, 7) is 6.64. The Kier molecular flexibility index (Phi) is 6.38. The molecule has 0 amide bonds. The minimum absolute atomic E-state index is 0.377. The molecular weight excluding hydrogens is 437 g/mol. The molecule has 3 aromatic heterocycles. The molecule has 2 aliphatic rings. The summed E-state index contributed by atoms with van der Waals surface area (Å²) in [6.07, 6.45) is 1.09. The number of pyridine rings is 1. The number of nitrogens with zero attached hydrogens (tertiary/aromatic N) is 8. The molecule has 0 spiro atoms. The average Bonchev–Trinajstić information content (AvgIpc) is 2.85. The lowest BCUT2D eigenvalue weighted by Crippen LogP contribution is -2.44. The molecule has 0 aliphatic carbocycles. The number of nitrogens with one attached hydrogen (secondary N) is 1. The van der Waals surface area contributed by atoms with Gasteiger partial charge in [-0.25, -0.2) is 19.3 Å². The van der Waals surface area contributed by atoms with Crippen molar-refractivity contribution in [1.29, 1.82) is 0 Å². The second-order valence-electron chi connectivity index (χ2n) is 9.03. The molecule has 2 saturated heterocycles. The summed E-state index contributed by atoms with van der Waals surface area (Å²) < 4.78 is 13.7. The summed E-state index contributed by atoms with van der Waals surface area (Å²) in [5, 5.41) is 22.7. The Morgan fingerprint density at radius 3 is 2.47 bits per heavy atom. The van der Waals surface area contributed by atoms with Crippen LogP contribution in [-0.2, 0) is 0 Å². The molecule has 2 aliphatic heterocycles. The van der Waals surface area contributed by atoms with Gasteiger partial charge in [0, 0.05) is 50.9 Å². The van der Waals surface area contributed by atoms with E-state index in [1.807, 2.05) is 17.0 Å². The Morgan fingerprint density at radius 2 is 1.79 bits per heavy atom. The molecule has 0 unspecified atom stereocenters. The van der Waals surface area contributed by atoms with Gasteiger partial charge in [-0.2, -0.15) is 0 Å². The van der Waals surface area contributed by atoms with Crippen molar-refractivity contribution < 1.29 is 9.50 Å². The first-order valence-electron chi connectivity index (χ1n) is 11.8. The van der Waals surface area contributed by atoms with E-state index in [0.717, 1.165) is 37.4 Å². The second-order valence-corrected chi connectivity index (χ2v) is 9.03. The van der Waals surface area contributed by atoms with Crippen LogP contribution in [0.5, 0.6) is 0 Å². The molecule has 0 aromatic carbocycles. The quantitative estimate of drug-likeness (QED) is 0.580. The molecule has 1 atom stereocenters. The van der Waals surface area contributed by atoms with Gasteiger partial charge in [0.25, 0.3) is 0 Å². The third-order valence-corrected chi connectivity index (χ3v) is 6.44. The number of likely N-dealkylation sites (N-methyl/N-ethyl adjacent to an activating group) is 1. The lowest BCUT2D eigenvalue weighted by molar-refractivity contribution is 0.194. The number of anilines is 4. The van der Waals surface area contributed by atoms with E-state index >= 15 is 0 Å². The molecule has 3 aromatic rings. The number of piperazine rings is 1. The number of alkyl halides is 1. The summed E-state index contributed by atoms with van der Waals surface area (Å²) in [5.74, 6) is 2.42. The van der Waals surface area contributed by atoms with Crippen molar-refractivity contribution in [3.05, 3.63) is 30.1 Å². The lowest BCUT2D eigenvalue weighted by Gasteiger charge is -2.32. The minimum atomic E-state index is -0.790. The molecule has 0 saturated carbocycles. The molecule has 2 fully saturated rings. The first-order chi connectivity index (χ1) is 16.5. The van der Waals surface area contributed by atoms with Crippen molar-refractivity contribution in [3.63, 3.8) is 0 Å². The highest BCUT2D eigenvalue weighted by atomic mass is 19.1. The van der Waals surface area contributed by atoms with Crippen LogP contribution in [0.15, 0.2) is 24.4 Å². The van der Waals surface area contributed by atoms with E-state index < -0.39 is 12.3 Å². The summed E-state index contributed by atoms with van der Waals surface area (Å²) >= 11 is 0. The summed E-state index contributed by atoms with van der Waals surface area (Å²) in [5.41, 5.74) is 1.20. The molecule has 34 heavy (non-hydrogen) atoms. The Bertz CT molecular complexity index is 1130. The SMILES string of the molecule is C[C@@H](O)c1cc2cnc(Nc3ccc(N4CCN(C)CC4)nn3)nc2c(N2CCC(F)CC2)n1. The number of hydrogen-bond donors (Lipinski definition) is 2. The molecule has 10 nitrogen and oxygen atoms in total. The number of halogens is 1. The van der Waals surface area contributed by atoms with Crippen molar-refractivity contribution in [2.75, 3.05) is 61.4 Å². The van der Waals surface area contributed by atoms with Crippen molar-refractivity contribution >= 4 is 34.3 Å². The number of aromatic nitrogens is 5. The number of aliphatic hydroxyl groups excluding tert-OH is 1. The maximum absolute atomic E-state index is 13.7. The highest BCUT2D eigenvalue weighted by molar-refractivity contribution is 5.89. The van der Waals surface area contributed by atoms with E-state index in [4.69, 9.17) is 4.98 Å². The van der Waals surface area contributed by atoms with Crippen LogP contribution in [0.4, 0.5) is 27.8 Å². The predicted molar refractivity (Wildman–Crippen MR) is 129 cm³/mol. The fourth-order valence-electron chi connectivity index (χ4n) is 4.31. The zero-order valence-electron chi connectivity index (χ0n) is 19.5. The monoisotopic (exact) mass is 467 g/mol. The van der Waals surface area contributed by atoms with Crippen LogP contribution in [-0.4, -0.2) is 87.6 Å². The topological polar surface area (TPSA) is 106 Å². The lowest BCUT2D eigenvalue weighted by atomic mass is 10.1. The molecule has 2 N–H and O–H groups in total.